The van der Waals surface area contributed by atoms with E-state index >= 15 is 0 Å². The molecule has 0 aliphatic rings. The molecule has 9 aromatic carbocycles. The van der Waals surface area contributed by atoms with Crippen molar-refractivity contribution in [2.45, 2.75) is 0 Å². The Morgan fingerprint density at radius 2 is 0.793 bits per heavy atom. The second-order valence-electron chi connectivity index (χ2n) is 15.2. The fraction of sp³-hybridized carbons (Fsp3) is 0. The van der Waals surface area contributed by atoms with E-state index in [2.05, 4.69) is 228 Å². The van der Waals surface area contributed by atoms with Gasteiger partial charge in [-0.05, 0) is 69.3 Å². The number of furan rings is 1. The molecule has 12 aromatic rings. The maximum Gasteiger partial charge on any atom is 0.179 e. The lowest BCUT2D eigenvalue weighted by Gasteiger charge is -2.34. The summed E-state index contributed by atoms with van der Waals surface area (Å²) < 4.78 is 11.8. The van der Waals surface area contributed by atoms with E-state index in [1.807, 2.05) is 0 Å². The molecular weight excluding hydrogens is 721 g/mol. The fourth-order valence-electron chi connectivity index (χ4n) is 9.82. The molecule has 0 saturated heterocycles. The van der Waals surface area contributed by atoms with Gasteiger partial charge in [-0.2, -0.15) is 0 Å². The summed E-state index contributed by atoms with van der Waals surface area (Å²) in [5.41, 5.74) is 8.65. The van der Waals surface area contributed by atoms with Gasteiger partial charge in [0.15, 0.2) is 13.7 Å². The second-order valence-corrected chi connectivity index (χ2v) is 19.0. The van der Waals surface area contributed by atoms with Crippen molar-refractivity contribution < 1.29 is 4.42 Å². The Morgan fingerprint density at radius 1 is 0.310 bits per heavy atom. The third-order valence-electron chi connectivity index (χ3n) is 12.3. The first-order chi connectivity index (χ1) is 28.8. The van der Waals surface area contributed by atoms with Crippen LogP contribution in [0.15, 0.2) is 223 Å². The van der Waals surface area contributed by atoms with Crippen molar-refractivity contribution in [3.05, 3.63) is 218 Å². The van der Waals surface area contributed by atoms with Crippen LogP contribution in [0.2, 0.25) is 0 Å². The highest BCUT2D eigenvalue weighted by Gasteiger charge is 2.41. The smallest absolute Gasteiger partial charge is 0.179 e. The molecule has 0 radical (unpaired) electrons. The molecule has 0 unspecified atom stereocenters. The van der Waals surface area contributed by atoms with E-state index in [-0.39, 0.29) is 0 Å². The highest BCUT2D eigenvalue weighted by Crippen LogP contribution is 2.40. The zero-order chi connectivity index (χ0) is 38.2. The number of aromatic nitrogens is 2. The van der Waals surface area contributed by atoms with Crippen molar-refractivity contribution in [3.8, 4) is 11.4 Å². The number of fused-ring (bicyclic) bond motifs is 9. The first kappa shape index (κ1) is 32.8. The van der Waals surface area contributed by atoms with E-state index < -0.39 is 8.07 Å². The Morgan fingerprint density at radius 3 is 1.38 bits per heavy atom. The van der Waals surface area contributed by atoms with Crippen molar-refractivity contribution in [1.82, 2.24) is 9.13 Å². The molecule has 3 nitrogen and oxygen atoms in total. The van der Waals surface area contributed by atoms with Crippen LogP contribution in [0.4, 0.5) is 0 Å². The zero-order valence-corrected chi connectivity index (χ0v) is 32.6. The molecule has 0 bridgehead atoms. The average Bonchev–Trinajstić information content (AvgIpc) is 3.95. The summed E-state index contributed by atoms with van der Waals surface area (Å²) in [7, 11) is -2.73. The molecule has 0 spiro atoms. The molecule has 12 rings (SSSR count). The van der Waals surface area contributed by atoms with Gasteiger partial charge in [0.2, 0.25) is 0 Å². The predicted octanol–water partition coefficient (Wildman–Crippen LogP) is 11.2. The predicted molar refractivity (Wildman–Crippen MR) is 246 cm³/mol. The zero-order valence-electron chi connectivity index (χ0n) is 31.6. The molecule has 0 amide bonds. The molecule has 58 heavy (non-hydrogen) atoms. The lowest BCUT2D eigenvalue weighted by atomic mass is 10.1. The standard InChI is InChI=1S/C54H36N2OSi/c1-4-17-38(18-5-1)58(39-19-6-2-7-20-39,40-21-8-3-9-22-40)41-32-34-53-47(36-41)45-26-16-30-52(54(45)57-53)56-50-29-15-12-25-44(50)46-35-37(31-33-51(46)56)55-48-27-13-10-23-42(48)43-24-11-14-28-49(43)55/h1-36H. The molecular formula is C54H36N2OSi. The van der Waals surface area contributed by atoms with Crippen molar-refractivity contribution in [1.29, 1.82) is 0 Å². The van der Waals surface area contributed by atoms with Crippen molar-refractivity contribution in [2.24, 2.45) is 0 Å². The molecule has 3 heterocycles. The molecule has 3 aromatic heterocycles. The number of benzene rings is 9. The molecule has 0 N–H and O–H groups in total. The van der Waals surface area contributed by atoms with Crippen LogP contribution < -0.4 is 20.7 Å². The molecule has 4 heteroatoms. The van der Waals surface area contributed by atoms with Crippen LogP contribution in [-0.4, -0.2) is 17.2 Å². The van der Waals surface area contributed by atoms with Gasteiger partial charge in [-0.1, -0.05) is 170 Å². The van der Waals surface area contributed by atoms with Crippen LogP contribution in [-0.2, 0) is 0 Å². The SMILES string of the molecule is c1ccc([Si](c2ccccc2)(c2ccccc2)c2ccc3oc4c(-n5c6ccccc6c6cc(-n7c8ccccc8c8ccccc87)ccc65)cccc4c3c2)cc1. The van der Waals surface area contributed by atoms with E-state index in [0.29, 0.717) is 0 Å². The minimum Gasteiger partial charge on any atom is -0.454 e. The van der Waals surface area contributed by atoms with Gasteiger partial charge < -0.3 is 13.6 Å². The highest BCUT2D eigenvalue weighted by molar-refractivity contribution is 7.20. The van der Waals surface area contributed by atoms with Gasteiger partial charge in [-0.25, -0.2) is 0 Å². The summed E-state index contributed by atoms with van der Waals surface area (Å²) >= 11 is 0. The maximum absolute atomic E-state index is 6.96. The van der Waals surface area contributed by atoms with E-state index in [1.54, 1.807) is 0 Å². The summed E-state index contributed by atoms with van der Waals surface area (Å²) in [6.07, 6.45) is 0. The topological polar surface area (TPSA) is 23.0 Å². The van der Waals surface area contributed by atoms with Crippen LogP contribution in [0.25, 0.3) is 76.9 Å². The molecule has 0 saturated carbocycles. The van der Waals surface area contributed by atoms with Crippen molar-refractivity contribution >= 4 is 94.4 Å². The normalized spacial score (nSPS) is 12.1. The van der Waals surface area contributed by atoms with Gasteiger partial charge in [0, 0.05) is 38.0 Å². The molecule has 272 valence electrons. The quantitative estimate of drug-likeness (QED) is 0.122. The maximum atomic E-state index is 6.96. The van der Waals surface area contributed by atoms with Gasteiger partial charge in [0.05, 0.1) is 27.8 Å². The number of nitrogens with zero attached hydrogens (tertiary/aromatic N) is 2. The average molecular weight is 757 g/mol. The second kappa shape index (κ2) is 12.8. The number of hydrogen-bond acceptors (Lipinski definition) is 1. The first-order valence-corrected chi connectivity index (χ1v) is 21.9. The molecule has 0 aliphatic carbocycles. The van der Waals surface area contributed by atoms with Crippen LogP contribution in [0.1, 0.15) is 0 Å². The number of para-hydroxylation sites is 4. The summed E-state index contributed by atoms with van der Waals surface area (Å²) in [6.45, 7) is 0. The Balaban J connectivity index is 1.09. The van der Waals surface area contributed by atoms with E-state index in [4.69, 9.17) is 4.42 Å². The number of rotatable bonds is 6. The van der Waals surface area contributed by atoms with Gasteiger partial charge in [0.25, 0.3) is 0 Å². The van der Waals surface area contributed by atoms with E-state index in [9.17, 15) is 0 Å². The van der Waals surface area contributed by atoms with Crippen LogP contribution in [0.3, 0.4) is 0 Å². The Bertz CT molecular complexity index is 3360. The summed E-state index contributed by atoms with van der Waals surface area (Å²) in [4.78, 5) is 0. The fourth-order valence-corrected chi connectivity index (χ4v) is 14.6. The van der Waals surface area contributed by atoms with Gasteiger partial charge >= 0.3 is 0 Å². The van der Waals surface area contributed by atoms with Crippen LogP contribution in [0.5, 0.6) is 0 Å². The number of hydrogen-bond donors (Lipinski definition) is 0. The third kappa shape index (κ3) is 4.67. The van der Waals surface area contributed by atoms with Crippen molar-refractivity contribution in [3.63, 3.8) is 0 Å². The lowest BCUT2D eigenvalue weighted by molar-refractivity contribution is 0.666. The lowest BCUT2D eigenvalue weighted by Crippen LogP contribution is -2.74. The van der Waals surface area contributed by atoms with E-state index in [1.165, 1.54) is 53.3 Å². The minimum absolute atomic E-state index is 0.884. The third-order valence-corrected chi connectivity index (χ3v) is 17.0. The molecule has 0 fully saturated rings. The van der Waals surface area contributed by atoms with Crippen LogP contribution in [0, 0.1) is 0 Å². The van der Waals surface area contributed by atoms with Crippen LogP contribution >= 0.6 is 0 Å². The largest absolute Gasteiger partial charge is 0.454 e. The monoisotopic (exact) mass is 756 g/mol. The van der Waals surface area contributed by atoms with Gasteiger partial charge in [-0.3, -0.25) is 0 Å². The summed E-state index contributed by atoms with van der Waals surface area (Å²) in [6, 6.07) is 80.0. The molecule has 0 aliphatic heterocycles. The first-order valence-electron chi connectivity index (χ1n) is 19.9. The Hall–Kier alpha value is -7.40. The Kier molecular flexibility index (Phi) is 7.25. The van der Waals surface area contributed by atoms with Gasteiger partial charge in [-0.15, -0.1) is 0 Å². The summed E-state index contributed by atoms with van der Waals surface area (Å²) in [5.74, 6) is 0. The summed E-state index contributed by atoms with van der Waals surface area (Å²) in [5, 5.41) is 12.6. The van der Waals surface area contributed by atoms with Crippen molar-refractivity contribution in [2.75, 3.05) is 0 Å². The highest BCUT2D eigenvalue weighted by atomic mass is 28.3. The molecule has 0 atom stereocenters. The minimum atomic E-state index is -2.73. The Labute approximate surface area is 336 Å². The van der Waals surface area contributed by atoms with Gasteiger partial charge in [0.1, 0.15) is 5.58 Å². The van der Waals surface area contributed by atoms with E-state index in [0.717, 1.165) is 44.3 Å².